The fourth-order valence-corrected chi connectivity index (χ4v) is 3.71. The van der Waals surface area contributed by atoms with E-state index in [1.54, 1.807) is 43.3 Å². The molecule has 0 bridgehead atoms. The minimum atomic E-state index is -0.815. The highest BCUT2D eigenvalue weighted by atomic mass is 16.5. The van der Waals surface area contributed by atoms with Crippen LogP contribution in [0.15, 0.2) is 46.4 Å². The summed E-state index contributed by atoms with van der Waals surface area (Å²) in [6, 6.07) is 9.30. The average molecular weight is 427 g/mol. The van der Waals surface area contributed by atoms with Gasteiger partial charge in [0.2, 0.25) is 5.78 Å². The summed E-state index contributed by atoms with van der Waals surface area (Å²) in [6.45, 7) is 6.83. The number of carbonyl (C=O) groups is 2. The van der Waals surface area contributed by atoms with Crippen molar-refractivity contribution in [3.63, 3.8) is 0 Å². The number of nitrogens with zero attached hydrogens (tertiary/aromatic N) is 1. The quantitative estimate of drug-likeness (QED) is 0.389. The second-order valence-electron chi connectivity index (χ2n) is 8.42. The van der Waals surface area contributed by atoms with E-state index >= 15 is 0 Å². The Morgan fingerprint density at radius 2 is 1.84 bits per heavy atom. The Hall–Kier alpha value is -3.06. The van der Waals surface area contributed by atoms with Gasteiger partial charge in [-0.2, -0.15) is 0 Å². The first-order valence-electron chi connectivity index (χ1n) is 10.6. The van der Waals surface area contributed by atoms with Crippen LogP contribution in [0.2, 0.25) is 0 Å². The summed E-state index contributed by atoms with van der Waals surface area (Å²) in [5, 5.41) is 13.3. The van der Waals surface area contributed by atoms with Crippen LogP contribution in [-0.4, -0.2) is 49.9 Å². The molecule has 0 saturated carbocycles. The van der Waals surface area contributed by atoms with Gasteiger partial charge in [-0.3, -0.25) is 9.59 Å². The lowest BCUT2D eigenvalue weighted by Gasteiger charge is -2.26. The molecule has 2 aromatic rings. The number of ketones is 1. The molecule has 166 valence electrons. The summed E-state index contributed by atoms with van der Waals surface area (Å²) in [5.41, 5.74) is 0.272. The van der Waals surface area contributed by atoms with Gasteiger partial charge in [0.25, 0.3) is 5.91 Å². The predicted molar refractivity (Wildman–Crippen MR) is 114 cm³/mol. The molecule has 1 saturated heterocycles. The molecular formula is C24H30N2O5. The Balaban J connectivity index is 2.00. The largest absolute Gasteiger partial charge is 0.872 e. The minimum Gasteiger partial charge on any atom is -0.872 e. The number of furan rings is 1. The van der Waals surface area contributed by atoms with Crippen LogP contribution in [-0.2, 0) is 9.59 Å². The maximum atomic E-state index is 13.3. The number of carbonyl (C=O) groups excluding carboxylic acids is 2. The molecule has 0 radical (unpaired) electrons. The van der Waals surface area contributed by atoms with E-state index < -0.39 is 23.5 Å². The number of Topliss-reactive ketones (excluding diaryl/α,β-unsaturated/α-hetero) is 1. The first kappa shape index (κ1) is 22.6. The molecule has 1 atom stereocenters. The van der Waals surface area contributed by atoms with Crippen molar-refractivity contribution in [1.82, 2.24) is 4.90 Å². The van der Waals surface area contributed by atoms with Crippen LogP contribution in [0.25, 0.3) is 5.76 Å². The van der Waals surface area contributed by atoms with Crippen LogP contribution in [0.3, 0.4) is 0 Å². The van der Waals surface area contributed by atoms with Gasteiger partial charge >= 0.3 is 0 Å². The van der Waals surface area contributed by atoms with E-state index in [1.807, 2.05) is 27.9 Å². The highest BCUT2D eigenvalue weighted by molar-refractivity contribution is 6.46. The summed E-state index contributed by atoms with van der Waals surface area (Å²) >= 11 is 0. The van der Waals surface area contributed by atoms with Gasteiger partial charge in [-0.15, -0.1) is 0 Å². The van der Waals surface area contributed by atoms with Crippen LogP contribution in [0.4, 0.5) is 0 Å². The second-order valence-corrected chi connectivity index (χ2v) is 8.42. The van der Waals surface area contributed by atoms with E-state index in [-0.39, 0.29) is 11.7 Å². The normalized spacial score (nSPS) is 18.4. The lowest BCUT2D eigenvalue weighted by atomic mass is 9.99. The number of nitrogens with one attached hydrogen (secondary N) is 1. The van der Waals surface area contributed by atoms with Gasteiger partial charge < -0.3 is 24.1 Å². The Kier molecular flexibility index (Phi) is 6.85. The third kappa shape index (κ3) is 4.99. The first-order chi connectivity index (χ1) is 14.7. The van der Waals surface area contributed by atoms with Crippen molar-refractivity contribution in [2.45, 2.75) is 39.3 Å². The van der Waals surface area contributed by atoms with Crippen molar-refractivity contribution >= 4 is 17.4 Å². The first-order valence-corrected chi connectivity index (χ1v) is 10.6. The number of likely N-dealkylation sites (tertiary alicyclic amines) is 1. The number of quaternary nitrogens is 1. The number of rotatable bonds is 8. The monoisotopic (exact) mass is 426 g/mol. The molecule has 1 aromatic carbocycles. The lowest BCUT2D eigenvalue weighted by molar-refractivity contribution is -0.858. The summed E-state index contributed by atoms with van der Waals surface area (Å²) in [4.78, 5) is 28.4. The highest BCUT2D eigenvalue weighted by Gasteiger charge is 2.45. The van der Waals surface area contributed by atoms with Gasteiger partial charge in [0.1, 0.15) is 23.3 Å². The topological polar surface area (TPSA) is 87.2 Å². The molecule has 0 spiro atoms. The van der Waals surface area contributed by atoms with Crippen molar-refractivity contribution < 1.29 is 28.7 Å². The molecule has 31 heavy (non-hydrogen) atoms. The number of hydrogen-bond donors (Lipinski definition) is 1. The van der Waals surface area contributed by atoms with Crippen LogP contribution < -0.4 is 14.7 Å². The summed E-state index contributed by atoms with van der Waals surface area (Å²) < 4.78 is 11.4. The Labute approximate surface area is 182 Å². The average Bonchev–Trinajstić information content (AvgIpc) is 3.23. The molecule has 7 heteroatoms. The molecule has 1 N–H and O–H groups in total. The zero-order valence-electron chi connectivity index (χ0n) is 18.7. The van der Waals surface area contributed by atoms with E-state index in [0.717, 1.165) is 6.54 Å². The maximum Gasteiger partial charge on any atom is 0.295 e. The summed E-state index contributed by atoms with van der Waals surface area (Å²) in [5.74, 6) is -0.163. The van der Waals surface area contributed by atoms with Crippen LogP contribution in [0.1, 0.15) is 43.4 Å². The van der Waals surface area contributed by atoms with E-state index in [9.17, 15) is 14.7 Å². The number of benzene rings is 1. The molecule has 1 amide bonds. The van der Waals surface area contributed by atoms with E-state index in [1.165, 1.54) is 9.80 Å². The Morgan fingerprint density at radius 3 is 2.39 bits per heavy atom. The third-order valence-electron chi connectivity index (χ3n) is 5.12. The van der Waals surface area contributed by atoms with Gasteiger partial charge in [-0.25, -0.2) is 0 Å². The SMILES string of the molecule is Cc1ccc(C2/C(=C(\[O-])c3ccc(OC(C)C)cc3)C(=O)C(=O)N2CCC[NH+](C)C)o1. The molecule has 1 fully saturated rings. The van der Waals surface area contributed by atoms with Crippen LogP contribution >= 0.6 is 0 Å². The fourth-order valence-electron chi connectivity index (χ4n) is 3.71. The maximum absolute atomic E-state index is 13.3. The molecule has 1 aliphatic heterocycles. The molecule has 1 aromatic heterocycles. The van der Waals surface area contributed by atoms with Gasteiger partial charge in [0.05, 0.1) is 26.7 Å². The lowest BCUT2D eigenvalue weighted by Crippen LogP contribution is -3.05. The predicted octanol–water partition coefficient (Wildman–Crippen LogP) is 1.13. The van der Waals surface area contributed by atoms with E-state index in [0.29, 0.717) is 35.8 Å². The zero-order valence-corrected chi connectivity index (χ0v) is 18.7. The fraction of sp³-hybridized carbons (Fsp3) is 0.417. The number of amides is 1. The summed E-state index contributed by atoms with van der Waals surface area (Å²) in [7, 11) is 4.05. The van der Waals surface area contributed by atoms with Gasteiger partial charge in [-0.05, 0) is 50.6 Å². The van der Waals surface area contributed by atoms with Crippen molar-refractivity contribution in [3.8, 4) is 5.75 Å². The molecule has 3 rings (SSSR count). The summed E-state index contributed by atoms with van der Waals surface area (Å²) in [6.07, 6.45) is 0.717. The smallest absolute Gasteiger partial charge is 0.295 e. The molecular weight excluding hydrogens is 396 g/mol. The number of aryl methyl sites for hydroxylation is 1. The van der Waals surface area contributed by atoms with Gasteiger partial charge in [0, 0.05) is 18.5 Å². The highest BCUT2D eigenvalue weighted by Crippen LogP contribution is 2.39. The molecule has 1 aliphatic rings. The number of ether oxygens (including phenoxy) is 1. The third-order valence-corrected chi connectivity index (χ3v) is 5.12. The minimum absolute atomic E-state index is 0.00842. The Bertz CT molecular complexity index is 972. The van der Waals surface area contributed by atoms with Crippen molar-refractivity contribution in [2.24, 2.45) is 0 Å². The van der Waals surface area contributed by atoms with Crippen molar-refractivity contribution in [1.29, 1.82) is 0 Å². The van der Waals surface area contributed by atoms with Crippen LogP contribution in [0.5, 0.6) is 5.75 Å². The van der Waals surface area contributed by atoms with Gasteiger partial charge in [-0.1, -0.05) is 17.9 Å². The molecule has 2 heterocycles. The second kappa shape index (κ2) is 9.39. The standard InChI is InChI=1S/C24H30N2O5/c1-15(2)30-18-10-8-17(9-11-18)22(27)20-21(19-12-7-16(3)31-19)26(24(29)23(20)28)14-6-13-25(4)5/h7-12,15,21,27H,6,13-14H2,1-5H3/b22-20+. The van der Waals surface area contributed by atoms with Crippen molar-refractivity contribution in [2.75, 3.05) is 27.2 Å². The molecule has 1 unspecified atom stereocenters. The van der Waals surface area contributed by atoms with E-state index in [2.05, 4.69) is 0 Å². The Morgan fingerprint density at radius 1 is 1.16 bits per heavy atom. The number of hydrogen-bond acceptors (Lipinski definition) is 5. The molecule has 0 aliphatic carbocycles. The zero-order chi connectivity index (χ0) is 22.7. The van der Waals surface area contributed by atoms with Crippen molar-refractivity contribution in [3.05, 3.63) is 59.1 Å². The van der Waals surface area contributed by atoms with E-state index in [4.69, 9.17) is 9.15 Å². The molecule has 7 nitrogen and oxygen atoms in total. The van der Waals surface area contributed by atoms with Gasteiger partial charge in [0.15, 0.2) is 0 Å². The van der Waals surface area contributed by atoms with Crippen LogP contribution in [0, 0.1) is 6.92 Å².